The Morgan fingerprint density at radius 2 is 1.39 bits per heavy atom. The van der Waals surface area contributed by atoms with Crippen LogP contribution in [0.3, 0.4) is 0 Å². The van der Waals surface area contributed by atoms with Crippen molar-refractivity contribution in [1.29, 1.82) is 0 Å². The fraction of sp³-hybridized carbons (Fsp3) is 0.542. The van der Waals surface area contributed by atoms with Gasteiger partial charge in [0, 0.05) is 25.7 Å². The van der Waals surface area contributed by atoms with Crippen LogP contribution < -0.4 is 0 Å². The summed E-state index contributed by atoms with van der Waals surface area (Å²) in [4.78, 5) is 58.1. The number of ether oxygens (including phenoxy) is 2. The van der Waals surface area contributed by atoms with Gasteiger partial charge < -0.3 is 9.47 Å². The maximum absolute atomic E-state index is 12.6. The molecule has 3 rings (SSSR count). The van der Waals surface area contributed by atoms with Crippen LogP contribution in [0.5, 0.6) is 0 Å². The van der Waals surface area contributed by atoms with E-state index in [0.717, 1.165) is 25.7 Å². The van der Waals surface area contributed by atoms with Crippen LogP contribution in [0.1, 0.15) is 68.1 Å². The van der Waals surface area contributed by atoms with Crippen molar-refractivity contribution in [3.8, 4) is 0 Å². The summed E-state index contributed by atoms with van der Waals surface area (Å²) < 4.78 is 36.1. The number of hydrogen-bond donors (Lipinski definition) is 0. The van der Waals surface area contributed by atoms with Gasteiger partial charge in [-0.25, -0.2) is 13.2 Å². The molecular weight excluding hydrogens is 514 g/mol. The average molecular weight is 542 g/mol. The zero-order chi connectivity index (χ0) is 26.3. The maximum Gasteiger partial charge on any atom is 0.338 e. The first-order chi connectivity index (χ1) is 17.1. The van der Waals surface area contributed by atoms with E-state index in [9.17, 15) is 32.4 Å². The minimum absolute atomic E-state index is 0.143. The second kappa shape index (κ2) is 12.4. The highest BCUT2D eigenvalue weighted by molar-refractivity contribution is 7.90. The minimum atomic E-state index is -4.30. The highest BCUT2D eigenvalue weighted by atomic mass is 35.5. The van der Waals surface area contributed by atoms with E-state index in [1.807, 2.05) is 0 Å². The summed E-state index contributed by atoms with van der Waals surface area (Å²) in [7, 11) is -4.30. The van der Waals surface area contributed by atoms with E-state index < -0.39 is 33.0 Å². The summed E-state index contributed by atoms with van der Waals surface area (Å²) in [5, 5.41) is -0.473. The Morgan fingerprint density at radius 1 is 0.861 bits per heavy atom. The van der Waals surface area contributed by atoms with Crippen molar-refractivity contribution in [1.82, 2.24) is 4.31 Å². The van der Waals surface area contributed by atoms with Gasteiger partial charge in [-0.15, -0.1) is 0 Å². The quantitative estimate of drug-likeness (QED) is 0.235. The molecule has 0 atom stereocenters. The Hall–Kier alpha value is -2.79. The number of carbonyl (C=O) groups is 5. The number of rotatable bonds is 11. The molecule has 1 saturated heterocycles. The smallest absolute Gasteiger partial charge is 0.338 e. The van der Waals surface area contributed by atoms with Crippen molar-refractivity contribution < 1.29 is 41.9 Å². The lowest BCUT2D eigenvalue weighted by molar-refractivity contribution is -0.145. The van der Waals surface area contributed by atoms with Crippen molar-refractivity contribution in [2.45, 2.75) is 62.7 Å². The third kappa shape index (κ3) is 7.36. The second-order valence-electron chi connectivity index (χ2n) is 8.96. The lowest BCUT2D eigenvalue weighted by Gasteiger charge is -2.27. The highest BCUT2D eigenvalue weighted by Crippen LogP contribution is 2.30. The molecule has 0 unspecified atom stereocenters. The standard InChI is InChI=1S/C24H28ClNO9S/c25-20(27)2-1-3-23(30)34-14-16-4-6-17(7-5-16)15-35-24(31)18-8-10-19(11-9-18)36(32,33)26-21(28)12-13-22(26)29/h8-11,16-17H,1-7,12-15H2. The Kier molecular flexibility index (Phi) is 9.61. The van der Waals surface area contributed by atoms with Gasteiger partial charge in [0.1, 0.15) is 0 Å². The van der Waals surface area contributed by atoms with Crippen LogP contribution >= 0.6 is 11.6 Å². The number of hydrogen-bond acceptors (Lipinski definition) is 9. The molecule has 1 saturated carbocycles. The molecule has 2 aliphatic rings. The zero-order valence-electron chi connectivity index (χ0n) is 19.6. The summed E-state index contributed by atoms with van der Waals surface area (Å²) in [5.41, 5.74) is 0.157. The van der Waals surface area contributed by atoms with Crippen LogP contribution in [0.4, 0.5) is 0 Å². The van der Waals surface area contributed by atoms with Crippen LogP contribution in [0, 0.1) is 11.8 Å². The van der Waals surface area contributed by atoms with E-state index in [2.05, 4.69) is 0 Å². The molecule has 36 heavy (non-hydrogen) atoms. The molecular formula is C24H28ClNO9S. The third-order valence-corrected chi connectivity index (χ3v) is 8.23. The lowest BCUT2D eigenvalue weighted by Crippen LogP contribution is -2.35. The monoisotopic (exact) mass is 541 g/mol. The number of carbonyl (C=O) groups excluding carboxylic acids is 5. The van der Waals surface area contributed by atoms with Crippen LogP contribution in [0.15, 0.2) is 29.2 Å². The number of esters is 2. The average Bonchev–Trinajstić information content (AvgIpc) is 3.20. The number of halogens is 1. The molecule has 10 nitrogen and oxygen atoms in total. The SMILES string of the molecule is O=C(Cl)CCCC(=O)OCC1CCC(COC(=O)c2ccc(S(=O)(=O)N3C(=O)CCC3=O)cc2)CC1. The van der Waals surface area contributed by atoms with Gasteiger partial charge in [-0.05, 0) is 79.8 Å². The van der Waals surface area contributed by atoms with Crippen LogP contribution in [-0.4, -0.2) is 54.9 Å². The first-order valence-corrected chi connectivity index (χ1v) is 13.6. The zero-order valence-corrected chi connectivity index (χ0v) is 21.2. The summed E-state index contributed by atoms with van der Waals surface area (Å²) in [6.07, 6.45) is 3.66. The predicted octanol–water partition coefficient (Wildman–Crippen LogP) is 2.97. The molecule has 1 aliphatic carbocycles. The minimum Gasteiger partial charge on any atom is -0.465 e. The van der Waals surface area contributed by atoms with Crippen molar-refractivity contribution in [3.05, 3.63) is 29.8 Å². The fourth-order valence-corrected chi connectivity index (χ4v) is 5.73. The summed E-state index contributed by atoms with van der Waals surface area (Å²) in [6.45, 7) is 0.540. The summed E-state index contributed by atoms with van der Waals surface area (Å²) in [6, 6.07) is 4.92. The Bertz CT molecular complexity index is 1090. The summed E-state index contributed by atoms with van der Waals surface area (Å²) in [5.74, 6) is -2.07. The highest BCUT2D eigenvalue weighted by Gasteiger charge is 2.39. The van der Waals surface area contributed by atoms with Crippen molar-refractivity contribution >= 4 is 50.6 Å². The molecule has 1 heterocycles. The molecule has 2 amide bonds. The normalized spacial score (nSPS) is 20.3. The topological polar surface area (TPSA) is 141 Å². The number of amides is 2. The number of nitrogens with zero attached hydrogens (tertiary/aromatic N) is 1. The second-order valence-corrected chi connectivity index (χ2v) is 11.2. The first kappa shape index (κ1) is 27.8. The third-order valence-electron chi connectivity index (χ3n) is 6.28. The lowest BCUT2D eigenvalue weighted by atomic mass is 9.83. The molecule has 0 bridgehead atoms. The molecule has 12 heteroatoms. The fourth-order valence-electron chi connectivity index (χ4n) is 4.19. The van der Waals surface area contributed by atoms with Gasteiger partial charge in [0.05, 0.1) is 23.7 Å². The molecule has 0 radical (unpaired) electrons. The van der Waals surface area contributed by atoms with Crippen molar-refractivity contribution in [2.24, 2.45) is 11.8 Å². The number of sulfonamides is 1. The van der Waals surface area contributed by atoms with Gasteiger partial charge in [0.2, 0.25) is 17.1 Å². The van der Waals surface area contributed by atoms with E-state index in [4.69, 9.17) is 21.1 Å². The molecule has 1 aliphatic heterocycles. The number of benzene rings is 1. The molecule has 0 N–H and O–H groups in total. The Balaban J connectivity index is 1.40. The molecule has 1 aromatic carbocycles. The summed E-state index contributed by atoms with van der Waals surface area (Å²) >= 11 is 5.24. The van der Waals surface area contributed by atoms with Crippen molar-refractivity contribution in [3.63, 3.8) is 0 Å². The van der Waals surface area contributed by atoms with Gasteiger partial charge in [-0.3, -0.25) is 19.2 Å². The maximum atomic E-state index is 12.6. The molecule has 0 aromatic heterocycles. The van der Waals surface area contributed by atoms with E-state index in [1.54, 1.807) is 0 Å². The molecule has 2 fully saturated rings. The predicted molar refractivity (Wildman–Crippen MR) is 126 cm³/mol. The van der Waals surface area contributed by atoms with Gasteiger partial charge in [-0.1, -0.05) is 0 Å². The van der Waals surface area contributed by atoms with Gasteiger partial charge in [-0.2, -0.15) is 4.31 Å². The van der Waals surface area contributed by atoms with E-state index in [-0.39, 0.29) is 64.9 Å². The van der Waals surface area contributed by atoms with Crippen LogP contribution in [-0.2, 0) is 38.7 Å². The molecule has 1 aromatic rings. The van der Waals surface area contributed by atoms with Gasteiger partial charge >= 0.3 is 11.9 Å². The van der Waals surface area contributed by atoms with Crippen LogP contribution in [0.25, 0.3) is 0 Å². The van der Waals surface area contributed by atoms with E-state index in [0.29, 0.717) is 13.0 Å². The molecule has 0 spiro atoms. The van der Waals surface area contributed by atoms with E-state index in [1.165, 1.54) is 24.3 Å². The first-order valence-electron chi connectivity index (χ1n) is 11.8. The Labute approximate surface area is 214 Å². The van der Waals surface area contributed by atoms with Crippen LogP contribution in [0.2, 0.25) is 0 Å². The van der Waals surface area contributed by atoms with E-state index >= 15 is 0 Å². The number of imide groups is 1. The Morgan fingerprint density at radius 3 is 1.92 bits per heavy atom. The van der Waals surface area contributed by atoms with Gasteiger partial charge in [0.25, 0.3) is 10.0 Å². The van der Waals surface area contributed by atoms with Gasteiger partial charge in [0.15, 0.2) is 0 Å². The molecule has 196 valence electrons. The largest absolute Gasteiger partial charge is 0.465 e. The van der Waals surface area contributed by atoms with Crippen molar-refractivity contribution in [2.75, 3.05) is 13.2 Å².